The molecule has 192 valence electrons. The molecule has 0 aromatic heterocycles. The molecule has 9 heteroatoms. The lowest BCUT2D eigenvalue weighted by Gasteiger charge is -2.41. The van der Waals surface area contributed by atoms with Gasteiger partial charge in [0.25, 0.3) is 0 Å². The quantitative estimate of drug-likeness (QED) is 0.305. The fourth-order valence-electron chi connectivity index (χ4n) is 6.13. The highest BCUT2D eigenvalue weighted by Gasteiger charge is 2.58. The first kappa shape index (κ1) is 24.4. The van der Waals surface area contributed by atoms with Crippen molar-refractivity contribution < 1.29 is 29.5 Å². The summed E-state index contributed by atoms with van der Waals surface area (Å²) in [6, 6.07) is 23.4. The van der Waals surface area contributed by atoms with Crippen LogP contribution in [-0.2, 0) is 14.2 Å². The smallest absolute Gasteiger partial charge is 0.487 e. The van der Waals surface area contributed by atoms with Crippen molar-refractivity contribution >= 4 is 36.0 Å². The Balaban J connectivity index is 1.30. The third kappa shape index (κ3) is 4.18. The molecular formula is C29H27BN2O6. The molecule has 2 aliphatic heterocycles. The van der Waals surface area contributed by atoms with E-state index in [1.54, 1.807) is 36.4 Å². The lowest BCUT2D eigenvalue weighted by molar-refractivity contribution is -0.123. The van der Waals surface area contributed by atoms with E-state index < -0.39 is 31.0 Å². The first-order valence-electron chi connectivity index (χ1n) is 12.7. The zero-order valence-electron chi connectivity index (χ0n) is 20.5. The Morgan fingerprint density at radius 1 is 0.921 bits per heavy atom. The second kappa shape index (κ2) is 9.76. The third-order valence-electron chi connectivity index (χ3n) is 7.83. The van der Waals surface area contributed by atoms with Crippen LogP contribution in [0.2, 0.25) is 0 Å². The number of carbonyl (C=O) groups excluding carboxylic acids is 2. The first-order chi connectivity index (χ1) is 18.4. The van der Waals surface area contributed by atoms with Crippen LogP contribution in [0.15, 0.2) is 89.9 Å². The molecule has 4 atom stereocenters. The van der Waals surface area contributed by atoms with E-state index in [9.17, 15) is 24.8 Å². The Morgan fingerprint density at radius 2 is 1.66 bits per heavy atom. The predicted octanol–water partition coefficient (Wildman–Crippen LogP) is 3.73. The largest absolute Gasteiger partial charge is 0.508 e. The first-order valence-corrected chi connectivity index (χ1v) is 12.7. The molecule has 3 aromatic carbocycles. The lowest BCUT2D eigenvalue weighted by Crippen LogP contribution is -2.45. The van der Waals surface area contributed by atoms with Gasteiger partial charge in [-0.25, -0.2) is 0 Å². The van der Waals surface area contributed by atoms with Crippen molar-refractivity contribution in [3.63, 3.8) is 0 Å². The van der Waals surface area contributed by atoms with Gasteiger partial charge in [-0.05, 0) is 83.9 Å². The number of nitrogens with one attached hydrogen (secondary N) is 1. The zero-order chi connectivity index (χ0) is 26.4. The molecule has 0 radical (unpaired) electrons. The van der Waals surface area contributed by atoms with Crippen molar-refractivity contribution in [1.29, 1.82) is 0 Å². The minimum absolute atomic E-state index is 0.0722. The van der Waals surface area contributed by atoms with Crippen LogP contribution in [0.5, 0.6) is 5.75 Å². The number of carbonyl (C=O) groups is 2. The molecule has 0 spiro atoms. The number of aliphatic hydroxyl groups excluding tert-OH is 1. The number of anilines is 3. The standard InChI is InChI=1S/C29H27BN2O6/c33-16-18-14-24-26(23-15-25(38-30(37)27(18)23)17-5-4-8-22(34)13-17)29(36)32(28(24)35)21-11-9-20(10-12-21)31-19-6-2-1-3-7-19/h1-13,23-26,31,33-34,37H,14-16H2/t23-,24-,25-,26+/m0/s1. The number of phenols is 1. The number of hydrogen-bond donors (Lipinski definition) is 4. The Kier molecular flexibility index (Phi) is 6.27. The molecule has 2 saturated heterocycles. The Bertz CT molecular complexity index is 1410. The summed E-state index contributed by atoms with van der Waals surface area (Å²) in [5.41, 5.74) is 3.95. The van der Waals surface area contributed by atoms with Gasteiger partial charge in [0.2, 0.25) is 11.8 Å². The van der Waals surface area contributed by atoms with Gasteiger partial charge in [0.1, 0.15) is 5.75 Å². The van der Waals surface area contributed by atoms with Gasteiger partial charge in [-0.2, -0.15) is 0 Å². The second-order valence-corrected chi connectivity index (χ2v) is 10.0. The van der Waals surface area contributed by atoms with Gasteiger partial charge in [-0.1, -0.05) is 30.3 Å². The number of aliphatic hydroxyl groups is 1. The number of benzene rings is 3. The second-order valence-electron chi connectivity index (χ2n) is 10.0. The summed E-state index contributed by atoms with van der Waals surface area (Å²) in [5, 5.41) is 34.3. The van der Waals surface area contributed by atoms with Crippen molar-refractivity contribution in [2.75, 3.05) is 16.8 Å². The maximum Gasteiger partial charge on any atom is 0.487 e. The molecule has 8 nitrogen and oxygen atoms in total. The molecule has 1 aliphatic carbocycles. The minimum atomic E-state index is -1.32. The summed E-state index contributed by atoms with van der Waals surface area (Å²) >= 11 is 0. The van der Waals surface area contributed by atoms with E-state index in [-0.39, 0.29) is 30.6 Å². The van der Waals surface area contributed by atoms with Crippen molar-refractivity contribution in [2.45, 2.75) is 18.9 Å². The van der Waals surface area contributed by atoms with Crippen LogP contribution in [0, 0.1) is 17.8 Å². The van der Waals surface area contributed by atoms with Crippen LogP contribution in [0.1, 0.15) is 24.5 Å². The Labute approximate surface area is 220 Å². The zero-order valence-corrected chi connectivity index (χ0v) is 20.5. The number of amides is 2. The van der Waals surface area contributed by atoms with Gasteiger partial charge in [-0.15, -0.1) is 0 Å². The van der Waals surface area contributed by atoms with Crippen LogP contribution in [-0.4, -0.2) is 40.8 Å². The fraction of sp³-hybridized carbons (Fsp3) is 0.241. The third-order valence-corrected chi connectivity index (χ3v) is 7.83. The summed E-state index contributed by atoms with van der Waals surface area (Å²) in [6.45, 7) is -0.326. The minimum Gasteiger partial charge on any atom is -0.508 e. The number of hydrogen-bond acceptors (Lipinski definition) is 7. The maximum absolute atomic E-state index is 13.8. The number of phenolic OH excluding ortho intramolecular Hbond substituents is 1. The van der Waals surface area contributed by atoms with E-state index in [0.29, 0.717) is 28.7 Å². The number of imide groups is 1. The number of allylic oxidation sites excluding steroid dienone is 1. The maximum atomic E-state index is 13.8. The van der Waals surface area contributed by atoms with Crippen molar-refractivity contribution in [3.05, 3.63) is 95.5 Å². The van der Waals surface area contributed by atoms with E-state index in [1.165, 1.54) is 4.90 Å². The Hall–Kier alpha value is -3.92. The number of rotatable bonds is 5. The molecule has 3 aromatic rings. The highest BCUT2D eigenvalue weighted by molar-refractivity contribution is 6.53. The molecule has 38 heavy (non-hydrogen) atoms. The molecular weight excluding hydrogens is 483 g/mol. The van der Waals surface area contributed by atoms with Gasteiger partial charge in [0, 0.05) is 11.4 Å². The molecule has 2 heterocycles. The van der Waals surface area contributed by atoms with Gasteiger partial charge in [0.05, 0.1) is 30.2 Å². The summed E-state index contributed by atoms with van der Waals surface area (Å²) in [6.07, 6.45) is -0.0449. The molecule has 0 bridgehead atoms. The molecule has 2 amide bonds. The average molecular weight is 510 g/mol. The van der Waals surface area contributed by atoms with Crippen molar-refractivity contribution in [3.8, 4) is 5.75 Å². The number of aromatic hydroxyl groups is 1. The van der Waals surface area contributed by atoms with Crippen LogP contribution >= 0.6 is 0 Å². The summed E-state index contributed by atoms with van der Waals surface area (Å²) in [7, 11) is -1.32. The number of para-hydroxylation sites is 1. The SMILES string of the molecule is O=C1[C@H]2[C@H](CC(CO)=C3B(O)O[C@H](c4cccc(O)c4)C[C@H]32)C(=O)N1c1ccc(Nc2ccccc2)cc1. The predicted molar refractivity (Wildman–Crippen MR) is 142 cm³/mol. The van der Waals surface area contributed by atoms with E-state index in [1.807, 2.05) is 42.5 Å². The topological polar surface area (TPSA) is 119 Å². The van der Waals surface area contributed by atoms with E-state index in [0.717, 1.165) is 11.4 Å². The van der Waals surface area contributed by atoms with Crippen molar-refractivity contribution in [2.24, 2.45) is 17.8 Å². The summed E-state index contributed by atoms with van der Waals surface area (Å²) < 4.78 is 5.87. The normalized spacial score (nSPS) is 24.9. The molecule has 0 unspecified atom stereocenters. The molecule has 3 aliphatic rings. The molecule has 6 rings (SSSR count). The summed E-state index contributed by atoms with van der Waals surface area (Å²) in [5.74, 6) is -2.32. The van der Waals surface area contributed by atoms with Gasteiger partial charge >= 0.3 is 7.12 Å². The number of nitrogens with zero attached hydrogens (tertiary/aromatic N) is 1. The van der Waals surface area contributed by atoms with Gasteiger partial charge in [0.15, 0.2) is 0 Å². The average Bonchev–Trinajstić information content (AvgIpc) is 3.18. The highest BCUT2D eigenvalue weighted by Crippen LogP contribution is 2.52. The summed E-state index contributed by atoms with van der Waals surface area (Å²) in [4.78, 5) is 28.7. The molecule has 4 N–H and O–H groups in total. The Morgan fingerprint density at radius 3 is 2.37 bits per heavy atom. The van der Waals surface area contributed by atoms with Crippen LogP contribution < -0.4 is 10.2 Å². The van der Waals surface area contributed by atoms with Gasteiger partial charge < -0.3 is 25.2 Å². The van der Waals surface area contributed by atoms with E-state index in [4.69, 9.17) is 4.65 Å². The highest BCUT2D eigenvalue weighted by atomic mass is 16.5. The van der Waals surface area contributed by atoms with Crippen molar-refractivity contribution in [1.82, 2.24) is 0 Å². The monoisotopic (exact) mass is 510 g/mol. The molecule has 2 fully saturated rings. The van der Waals surface area contributed by atoms with E-state index in [2.05, 4.69) is 5.32 Å². The van der Waals surface area contributed by atoms with Crippen LogP contribution in [0.25, 0.3) is 0 Å². The molecule has 0 saturated carbocycles. The van der Waals surface area contributed by atoms with Crippen LogP contribution in [0.3, 0.4) is 0 Å². The van der Waals surface area contributed by atoms with Crippen LogP contribution in [0.4, 0.5) is 17.1 Å². The lowest BCUT2D eigenvalue weighted by atomic mass is 9.55. The van der Waals surface area contributed by atoms with E-state index >= 15 is 0 Å². The number of fused-ring (bicyclic) bond motifs is 3. The fourth-order valence-corrected chi connectivity index (χ4v) is 6.13. The van der Waals surface area contributed by atoms with Gasteiger partial charge in [-0.3, -0.25) is 14.5 Å².